The number of aliphatic hydroxyl groups is 1. The van der Waals surface area contributed by atoms with E-state index in [9.17, 15) is 9.90 Å². The number of carbonyl (C=O) groups excluding carboxylic acids is 1. The number of aryl methyl sites for hydroxylation is 1. The van der Waals surface area contributed by atoms with E-state index in [1.165, 1.54) is 18.4 Å². The minimum Gasteiger partial charge on any atom is -0.493 e. The molecular weight excluding hydrogens is 316 g/mol. The van der Waals surface area contributed by atoms with E-state index in [0.717, 1.165) is 37.2 Å². The number of benzene rings is 1. The molecule has 2 aliphatic heterocycles. The van der Waals surface area contributed by atoms with Gasteiger partial charge in [-0.25, -0.2) is 4.79 Å². The maximum Gasteiger partial charge on any atom is 0.318 e. The summed E-state index contributed by atoms with van der Waals surface area (Å²) in [6, 6.07) is 6.67. The molecule has 3 fully saturated rings. The molecule has 0 radical (unpaired) electrons. The van der Waals surface area contributed by atoms with Gasteiger partial charge in [0.15, 0.2) is 0 Å². The van der Waals surface area contributed by atoms with Crippen molar-refractivity contribution in [3.63, 3.8) is 0 Å². The van der Waals surface area contributed by atoms with Crippen molar-refractivity contribution in [2.75, 3.05) is 13.2 Å². The summed E-state index contributed by atoms with van der Waals surface area (Å²) >= 11 is 0. The van der Waals surface area contributed by atoms with E-state index in [2.05, 4.69) is 24.4 Å². The first-order valence-electron chi connectivity index (χ1n) is 9.55. The Morgan fingerprint density at radius 1 is 1.32 bits per heavy atom. The van der Waals surface area contributed by atoms with E-state index in [4.69, 9.17) is 4.74 Å². The number of carbonyl (C=O) groups is 1. The number of amides is 2. The number of fused-ring (bicyclic) bond motifs is 2. The van der Waals surface area contributed by atoms with Crippen molar-refractivity contribution in [2.24, 2.45) is 11.8 Å². The summed E-state index contributed by atoms with van der Waals surface area (Å²) in [5.74, 6) is 1.85. The fourth-order valence-electron chi connectivity index (χ4n) is 4.32. The lowest BCUT2D eigenvalue weighted by atomic mass is 9.90. The van der Waals surface area contributed by atoms with Crippen LogP contribution in [0.25, 0.3) is 0 Å². The lowest BCUT2D eigenvalue weighted by Crippen LogP contribution is -2.43. The first kappa shape index (κ1) is 16.7. The fourth-order valence-corrected chi connectivity index (χ4v) is 4.32. The highest BCUT2D eigenvalue weighted by Gasteiger charge is 2.48. The quantitative estimate of drug-likeness (QED) is 0.834. The van der Waals surface area contributed by atoms with Gasteiger partial charge in [-0.15, -0.1) is 0 Å². The molecule has 3 unspecified atom stereocenters. The molecule has 1 aromatic rings. The number of nitrogens with zero attached hydrogens (tertiary/aromatic N) is 1. The normalized spacial score (nSPS) is 27.6. The van der Waals surface area contributed by atoms with Crippen LogP contribution in [0.2, 0.25) is 0 Å². The van der Waals surface area contributed by atoms with Crippen LogP contribution in [0, 0.1) is 18.8 Å². The lowest BCUT2D eigenvalue weighted by molar-refractivity contribution is 0.169. The maximum absolute atomic E-state index is 12.7. The smallest absolute Gasteiger partial charge is 0.318 e. The van der Waals surface area contributed by atoms with Crippen molar-refractivity contribution >= 4 is 6.03 Å². The summed E-state index contributed by atoms with van der Waals surface area (Å²) in [6.45, 7) is 3.50. The van der Waals surface area contributed by atoms with Gasteiger partial charge >= 0.3 is 6.03 Å². The Bertz CT molecular complexity index is 644. The molecule has 2 heterocycles. The molecular formula is C20H28N2O3. The minimum absolute atomic E-state index is 0.00262. The highest BCUT2D eigenvalue weighted by molar-refractivity contribution is 5.76. The molecule has 4 rings (SSSR count). The molecule has 2 saturated heterocycles. The van der Waals surface area contributed by atoms with Gasteiger partial charge in [0.05, 0.1) is 6.61 Å². The van der Waals surface area contributed by atoms with Crippen molar-refractivity contribution in [1.29, 1.82) is 0 Å². The zero-order valence-corrected chi connectivity index (χ0v) is 14.9. The summed E-state index contributed by atoms with van der Waals surface area (Å²) in [6.07, 6.45) is 5.55. The SMILES string of the molecule is Cc1ccc(CNC(=O)N2C3CCC2C(CO)C3)c(OCC2CC2)c1. The number of hydrogen-bond donors (Lipinski definition) is 2. The second-order valence-corrected chi connectivity index (χ2v) is 7.91. The topological polar surface area (TPSA) is 61.8 Å². The zero-order valence-electron chi connectivity index (χ0n) is 14.9. The van der Waals surface area contributed by atoms with E-state index >= 15 is 0 Å². The standard InChI is InChI=1S/C20H28N2O3/c1-13-2-5-15(19(8-13)25-12-14-3-4-14)10-21-20(24)22-17-6-7-18(22)16(9-17)11-23/h2,5,8,14,16-18,23H,3-4,6-7,9-12H2,1H3,(H,21,24). The van der Waals surface area contributed by atoms with Gasteiger partial charge in [-0.2, -0.15) is 0 Å². The van der Waals surface area contributed by atoms with Gasteiger partial charge in [-0.1, -0.05) is 12.1 Å². The van der Waals surface area contributed by atoms with E-state index in [1.807, 2.05) is 11.0 Å². The summed E-state index contributed by atoms with van der Waals surface area (Å²) in [5.41, 5.74) is 2.20. The molecule has 136 valence electrons. The zero-order chi connectivity index (χ0) is 17.4. The van der Waals surface area contributed by atoms with Crippen LogP contribution < -0.4 is 10.1 Å². The Hall–Kier alpha value is -1.75. The Labute approximate surface area is 149 Å². The molecule has 2 N–H and O–H groups in total. The molecule has 1 saturated carbocycles. The molecule has 5 heteroatoms. The van der Waals surface area contributed by atoms with Crippen molar-refractivity contribution in [3.05, 3.63) is 29.3 Å². The van der Waals surface area contributed by atoms with E-state index < -0.39 is 0 Å². The Morgan fingerprint density at radius 3 is 2.88 bits per heavy atom. The number of aliphatic hydroxyl groups excluding tert-OH is 1. The third kappa shape index (κ3) is 3.47. The first-order chi connectivity index (χ1) is 12.2. The number of urea groups is 1. The number of nitrogens with one attached hydrogen (secondary N) is 1. The average Bonchev–Trinajstić information content (AvgIpc) is 3.27. The van der Waals surface area contributed by atoms with E-state index in [1.54, 1.807) is 0 Å². The molecule has 5 nitrogen and oxygen atoms in total. The van der Waals surface area contributed by atoms with Crippen LogP contribution in [0.1, 0.15) is 43.2 Å². The maximum atomic E-state index is 12.7. The average molecular weight is 344 g/mol. The van der Waals surface area contributed by atoms with E-state index in [-0.39, 0.29) is 24.6 Å². The Morgan fingerprint density at radius 2 is 2.16 bits per heavy atom. The number of hydrogen-bond acceptors (Lipinski definition) is 3. The third-order valence-corrected chi connectivity index (χ3v) is 5.96. The van der Waals surface area contributed by atoms with Gasteiger partial charge in [-0.05, 0) is 56.6 Å². The highest BCUT2D eigenvalue weighted by Crippen LogP contribution is 2.41. The van der Waals surface area contributed by atoms with Crippen LogP contribution in [0.15, 0.2) is 18.2 Å². The van der Waals surface area contributed by atoms with Gasteiger partial charge < -0.3 is 20.1 Å². The summed E-state index contributed by atoms with van der Waals surface area (Å²) in [4.78, 5) is 14.7. The molecule has 1 aromatic carbocycles. The van der Waals surface area contributed by atoms with Crippen molar-refractivity contribution < 1.29 is 14.6 Å². The van der Waals surface area contributed by atoms with Gasteiger partial charge in [0.1, 0.15) is 5.75 Å². The Balaban J connectivity index is 1.38. The Kier molecular flexibility index (Phi) is 4.59. The second-order valence-electron chi connectivity index (χ2n) is 7.91. The molecule has 2 bridgehead atoms. The van der Waals surface area contributed by atoms with Crippen molar-refractivity contribution in [3.8, 4) is 5.75 Å². The van der Waals surface area contributed by atoms with Crippen LogP contribution in [0.3, 0.4) is 0 Å². The molecule has 25 heavy (non-hydrogen) atoms. The van der Waals surface area contributed by atoms with Crippen LogP contribution in [-0.4, -0.2) is 41.3 Å². The van der Waals surface area contributed by atoms with Gasteiger partial charge in [-0.3, -0.25) is 0 Å². The van der Waals surface area contributed by atoms with Gasteiger partial charge in [0.2, 0.25) is 0 Å². The van der Waals surface area contributed by atoms with Crippen LogP contribution in [-0.2, 0) is 6.54 Å². The minimum atomic E-state index is -0.00262. The molecule has 1 aliphatic carbocycles. The number of ether oxygens (including phenoxy) is 1. The predicted molar refractivity (Wildman–Crippen MR) is 95.5 cm³/mol. The van der Waals surface area contributed by atoms with Gasteiger partial charge in [0.25, 0.3) is 0 Å². The number of rotatable bonds is 6. The first-order valence-corrected chi connectivity index (χ1v) is 9.55. The summed E-state index contributed by atoms with van der Waals surface area (Å²) < 4.78 is 5.99. The van der Waals surface area contributed by atoms with Crippen LogP contribution >= 0.6 is 0 Å². The molecule has 2 amide bonds. The molecule has 0 spiro atoms. The highest BCUT2D eigenvalue weighted by atomic mass is 16.5. The summed E-state index contributed by atoms with van der Waals surface area (Å²) in [5, 5.41) is 12.6. The molecule has 3 atom stereocenters. The van der Waals surface area contributed by atoms with E-state index in [0.29, 0.717) is 18.5 Å². The van der Waals surface area contributed by atoms with Gasteiger partial charge in [0, 0.05) is 36.7 Å². The molecule has 3 aliphatic rings. The molecule has 0 aromatic heterocycles. The van der Waals surface area contributed by atoms with Crippen molar-refractivity contribution in [2.45, 2.75) is 57.7 Å². The largest absolute Gasteiger partial charge is 0.493 e. The van der Waals surface area contributed by atoms with Crippen molar-refractivity contribution in [1.82, 2.24) is 10.2 Å². The van der Waals surface area contributed by atoms with Crippen LogP contribution in [0.4, 0.5) is 4.79 Å². The summed E-state index contributed by atoms with van der Waals surface area (Å²) in [7, 11) is 0. The fraction of sp³-hybridized carbons (Fsp3) is 0.650. The second kappa shape index (κ2) is 6.87. The van der Waals surface area contributed by atoms with Crippen LogP contribution in [0.5, 0.6) is 5.75 Å². The lowest BCUT2D eigenvalue weighted by Gasteiger charge is -2.24. The third-order valence-electron chi connectivity index (χ3n) is 5.96. The predicted octanol–water partition coefficient (Wildman–Crippen LogP) is 2.84. The monoisotopic (exact) mass is 344 g/mol.